The van der Waals surface area contributed by atoms with E-state index in [2.05, 4.69) is 17.4 Å². The van der Waals surface area contributed by atoms with Gasteiger partial charge in [-0.15, -0.1) is 0 Å². The molecule has 3 nitrogen and oxygen atoms in total. The molecule has 24 heavy (non-hydrogen) atoms. The summed E-state index contributed by atoms with van der Waals surface area (Å²) in [5, 5.41) is 3.58. The number of halogens is 1. The normalized spacial score (nSPS) is 10.8. The third-order valence-corrected chi connectivity index (χ3v) is 3.72. The first kappa shape index (κ1) is 18.1. The highest BCUT2D eigenvalue weighted by atomic mass is 35.5. The maximum atomic E-state index is 11.8. The zero-order valence-electron chi connectivity index (χ0n) is 13.8. The van der Waals surface area contributed by atoms with E-state index in [-0.39, 0.29) is 5.91 Å². The molecule has 0 fully saturated rings. The molecule has 0 unspecified atom stereocenters. The fourth-order valence-electron chi connectivity index (χ4n) is 2.23. The van der Waals surface area contributed by atoms with Gasteiger partial charge >= 0.3 is 0 Å². The molecule has 0 atom stereocenters. The van der Waals surface area contributed by atoms with Gasteiger partial charge in [-0.1, -0.05) is 35.9 Å². The SMILES string of the molecule is CCOc1ccc(CCCNC(=O)/C=C/c2ccc(Cl)cc2)cc1. The molecule has 0 spiro atoms. The van der Waals surface area contributed by atoms with Crippen LogP contribution in [-0.4, -0.2) is 19.1 Å². The van der Waals surface area contributed by atoms with Crippen LogP contribution in [0.3, 0.4) is 0 Å². The zero-order valence-corrected chi connectivity index (χ0v) is 14.6. The molecule has 0 saturated carbocycles. The minimum Gasteiger partial charge on any atom is -0.494 e. The highest BCUT2D eigenvalue weighted by Gasteiger charge is 1.98. The number of benzene rings is 2. The van der Waals surface area contributed by atoms with Crippen LogP contribution in [0, 0.1) is 0 Å². The van der Waals surface area contributed by atoms with Crippen LogP contribution in [0.1, 0.15) is 24.5 Å². The Morgan fingerprint density at radius 2 is 1.83 bits per heavy atom. The van der Waals surface area contributed by atoms with Gasteiger partial charge in [0, 0.05) is 17.6 Å². The summed E-state index contributed by atoms with van der Waals surface area (Å²) in [6, 6.07) is 15.4. The van der Waals surface area contributed by atoms with Crippen LogP contribution in [0.25, 0.3) is 6.08 Å². The van der Waals surface area contributed by atoms with Crippen LogP contribution in [0.2, 0.25) is 5.02 Å². The molecule has 0 saturated heterocycles. The van der Waals surface area contributed by atoms with Gasteiger partial charge in [-0.3, -0.25) is 4.79 Å². The minimum absolute atomic E-state index is 0.0864. The first-order chi connectivity index (χ1) is 11.7. The molecule has 2 aromatic carbocycles. The number of hydrogen-bond acceptors (Lipinski definition) is 2. The Labute approximate surface area is 148 Å². The molecule has 0 radical (unpaired) electrons. The van der Waals surface area contributed by atoms with Crippen LogP contribution in [0.5, 0.6) is 5.75 Å². The van der Waals surface area contributed by atoms with Gasteiger partial charge in [-0.2, -0.15) is 0 Å². The Hall–Kier alpha value is -2.26. The topological polar surface area (TPSA) is 38.3 Å². The van der Waals surface area contributed by atoms with Gasteiger partial charge < -0.3 is 10.1 Å². The zero-order chi connectivity index (χ0) is 17.2. The van der Waals surface area contributed by atoms with Gasteiger partial charge in [0.15, 0.2) is 0 Å². The van der Waals surface area contributed by atoms with Crippen molar-refractivity contribution < 1.29 is 9.53 Å². The molecule has 0 aliphatic heterocycles. The number of rotatable bonds is 8. The summed E-state index contributed by atoms with van der Waals surface area (Å²) < 4.78 is 5.42. The molecule has 1 amide bonds. The summed E-state index contributed by atoms with van der Waals surface area (Å²) in [6.07, 6.45) is 5.14. The molecule has 2 rings (SSSR count). The van der Waals surface area contributed by atoms with Gasteiger partial charge in [0.05, 0.1) is 6.61 Å². The van der Waals surface area contributed by atoms with Crippen molar-refractivity contribution in [2.75, 3.05) is 13.2 Å². The number of ether oxygens (including phenoxy) is 1. The summed E-state index contributed by atoms with van der Waals surface area (Å²) >= 11 is 5.82. The second-order valence-electron chi connectivity index (χ2n) is 5.36. The molecule has 0 aliphatic carbocycles. The summed E-state index contributed by atoms with van der Waals surface area (Å²) in [6.45, 7) is 3.30. The number of nitrogens with one attached hydrogen (secondary N) is 1. The van der Waals surface area contributed by atoms with E-state index in [4.69, 9.17) is 16.3 Å². The van der Waals surface area contributed by atoms with Crippen LogP contribution < -0.4 is 10.1 Å². The molecule has 1 N–H and O–H groups in total. The summed E-state index contributed by atoms with van der Waals surface area (Å²) in [5.74, 6) is 0.804. The molecule has 126 valence electrons. The lowest BCUT2D eigenvalue weighted by Crippen LogP contribution is -2.22. The van der Waals surface area contributed by atoms with Crippen LogP contribution in [0.15, 0.2) is 54.6 Å². The van der Waals surface area contributed by atoms with Gasteiger partial charge in [-0.05, 0) is 61.2 Å². The standard InChI is InChI=1S/C20H22ClNO2/c1-2-24-19-12-7-16(8-13-19)4-3-15-22-20(23)14-9-17-5-10-18(21)11-6-17/h5-14H,2-4,15H2,1H3,(H,22,23)/b14-9+. The summed E-state index contributed by atoms with van der Waals surface area (Å²) in [7, 11) is 0. The Bertz CT molecular complexity index is 663. The quantitative estimate of drug-likeness (QED) is 0.566. The third-order valence-electron chi connectivity index (χ3n) is 3.47. The van der Waals surface area contributed by atoms with Crippen molar-refractivity contribution in [3.63, 3.8) is 0 Å². The number of carbonyl (C=O) groups excluding carboxylic acids is 1. The third kappa shape index (κ3) is 6.47. The Kier molecular flexibility index (Phi) is 7.37. The van der Waals surface area contributed by atoms with Crippen molar-refractivity contribution in [1.82, 2.24) is 5.32 Å². The van der Waals surface area contributed by atoms with Crippen LogP contribution >= 0.6 is 11.6 Å². The first-order valence-electron chi connectivity index (χ1n) is 8.10. The van der Waals surface area contributed by atoms with Crippen molar-refractivity contribution in [3.8, 4) is 5.75 Å². The van der Waals surface area contributed by atoms with E-state index in [9.17, 15) is 4.79 Å². The van der Waals surface area contributed by atoms with Crippen molar-refractivity contribution in [1.29, 1.82) is 0 Å². The Morgan fingerprint density at radius 1 is 1.12 bits per heavy atom. The maximum Gasteiger partial charge on any atom is 0.243 e. The van der Waals surface area contributed by atoms with Gasteiger partial charge in [-0.25, -0.2) is 0 Å². The van der Waals surface area contributed by atoms with E-state index in [1.165, 1.54) is 5.56 Å². The monoisotopic (exact) mass is 343 g/mol. The van der Waals surface area contributed by atoms with Gasteiger partial charge in [0.1, 0.15) is 5.75 Å². The average molecular weight is 344 g/mol. The van der Waals surface area contributed by atoms with E-state index < -0.39 is 0 Å². The summed E-state index contributed by atoms with van der Waals surface area (Å²) in [4.78, 5) is 11.8. The molecule has 4 heteroatoms. The Morgan fingerprint density at radius 3 is 2.50 bits per heavy atom. The van der Waals surface area contributed by atoms with E-state index >= 15 is 0 Å². The largest absolute Gasteiger partial charge is 0.494 e. The number of aryl methyl sites for hydroxylation is 1. The molecular weight excluding hydrogens is 322 g/mol. The predicted molar refractivity (Wildman–Crippen MR) is 99.4 cm³/mol. The molecule has 0 aliphatic rings. The first-order valence-corrected chi connectivity index (χ1v) is 8.48. The number of amides is 1. The van der Waals surface area contributed by atoms with Crippen molar-refractivity contribution in [2.45, 2.75) is 19.8 Å². The van der Waals surface area contributed by atoms with Crippen LogP contribution in [-0.2, 0) is 11.2 Å². The molecule has 0 aromatic heterocycles. The Balaban J connectivity index is 1.67. The van der Waals surface area contributed by atoms with Gasteiger partial charge in [0.25, 0.3) is 0 Å². The lowest BCUT2D eigenvalue weighted by Gasteiger charge is -2.05. The summed E-state index contributed by atoms with van der Waals surface area (Å²) in [5.41, 5.74) is 2.19. The fourth-order valence-corrected chi connectivity index (χ4v) is 2.35. The van der Waals surface area contributed by atoms with Gasteiger partial charge in [0.2, 0.25) is 5.91 Å². The highest BCUT2D eigenvalue weighted by molar-refractivity contribution is 6.30. The fraction of sp³-hybridized carbons (Fsp3) is 0.250. The molecule has 2 aromatic rings. The minimum atomic E-state index is -0.0864. The predicted octanol–water partition coefficient (Wildman–Crippen LogP) is 4.50. The van der Waals surface area contributed by atoms with E-state index in [1.54, 1.807) is 24.3 Å². The highest BCUT2D eigenvalue weighted by Crippen LogP contribution is 2.13. The molecule has 0 bridgehead atoms. The molecular formula is C20H22ClNO2. The maximum absolute atomic E-state index is 11.8. The second-order valence-corrected chi connectivity index (χ2v) is 5.79. The number of carbonyl (C=O) groups is 1. The van der Waals surface area contributed by atoms with E-state index in [0.717, 1.165) is 24.2 Å². The van der Waals surface area contributed by atoms with E-state index in [1.807, 2.05) is 31.2 Å². The van der Waals surface area contributed by atoms with E-state index in [0.29, 0.717) is 18.2 Å². The average Bonchev–Trinajstić information content (AvgIpc) is 2.60. The van der Waals surface area contributed by atoms with Crippen LogP contribution in [0.4, 0.5) is 0 Å². The smallest absolute Gasteiger partial charge is 0.243 e. The van der Waals surface area contributed by atoms with Crippen molar-refractivity contribution in [2.24, 2.45) is 0 Å². The lowest BCUT2D eigenvalue weighted by molar-refractivity contribution is -0.116. The second kappa shape index (κ2) is 9.78. The van der Waals surface area contributed by atoms with Crippen molar-refractivity contribution >= 4 is 23.6 Å². The lowest BCUT2D eigenvalue weighted by atomic mass is 10.1. The van der Waals surface area contributed by atoms with Crippen molar-refractivity contribution in [3.05, 3.63) is 70.8 Å². The number of hydrogen-bond donors (Lipinski definition) is 1. The molecule has 0 heterocycles.